The van der Waals surface area contributed by atoms with E-state index in [0.29, 0.717) is 11.9 Å². The molecule has 1 amide bonds. The van der Waals surface area contributed by atoms with Crippen LogP contribution in [0, 0.1) is 10.1 Å². The summed E-state index contributed by atoms with van der Waals surface area (Å²) in [5.41, 5.74) is 0.268. The zero-order valence-electron chi connectivity index (χ0n) is 12.5. The molecule has 0 aliphatic carbocycles. The van der Waals surface area contributed by atoms with Gasteiger partial charge in [-0.15, -0.1) is 0 Å². The molecule has 2 rings (SSSR count). The Bertz CT molecular complexity index is 679. The fraction of sp³-hybridized carbons (Fsp3) is 0.429. The molecule has 1 N–H and O–H groups in total. The van der Waals surface area contributed by atoms with Crippen molar-refractivity contribution >= 4 is 22.6 Å². The van der Waals surface area contributed by atoms with Gasteiger partial charge < -0.3 is 14.7 Å². The lowest BCUT2D eigenvalue weighted by atomic mass is 10.2. The first-order valence-electron chi connectivity index (χ1n) is 7.11. The van der Waals surface area contributed by atoms with Gasteiger partial charge in [0.1, 0.15) is 0 Å². The summed E-state index contributed by atoms with van der Waals surface area (Å²) in [7, 11) is 0. The molecule has 0 bridgehead atoms. The number of nitrogens with zero attached hydrogens (tertiary/aromatic N) is 3. The number of hydrogen-bond acceptors (Lipinski definition) is 6. The van der Waals surface area contributed by atoms with Crippen LogP contribution >= 0.6 is 0 Å². The van der Waals surface area contributed by atoms with Crippen LogP contribution in [0.5, 0.6) is 0 Å². The number of non-ortho nitro benzene ring substituents is 1. The second kappa shape index (κ2) is 6.99. The van der Waals surface area contributed by atoms with E-state index in [4.69, 9.17) is 4.52 Å². The summed E-state index contributed by atoms with van der Waals surface area (Å²) < 4.78 is 5.01. The molecule has 0 aliphatic heterocycles. The average molecular weight is 306 g/mol. The molecule has 0 aliphatic rings. The Kier molecular flexibility index (Phi) is 5.05. The molecule has 118 valence electrons. The number of fused-ring (bicyclic) bond motifs is 1. The van der Waals surface area contributed by atoms with Gasteiger partial charge >= 0.3 is 0 Å². The van der Waals surface area contributed by atoms with Crippen molar-refractivity contribution in [2.24, 2.45) is 0 Å². The quantitative estimate of drug-likeness (QED) is 0.618. The first-order chi connectivity index (χ1) is 10.6. The van der Waals surface area contributed by atoms with Gasteiger partial charge in [0.2, 0.25) is 0 Å². The average Bonchev–Trinajstić information content (AvgIpc) is 2.94. The van der Waals surface area contributed by atoms with Crippen LogP contribution in [-0.4, -0.2) is 47.1 Å². The van der Waals surface area contributed by atoms with Crippen LogP contribution in [0.15, 0.2) is 22.7 Å². The summed E-state index contributed by atoms with van der Waals surface area (Å²) in [5, 5.41) is 17.7. The van der Waals surface area contributed by atoms with Crippen LogP contribution < -0.4 is 5.32 Å². The molecule has 1 aromatic carbocycles. The second-order valence-electron chi connectivity index (χ2n) is 4.75. The maximum atomic E-state index is 12.1. The van der Waals surface area contributed by atoms with Crippen LogP contribution in [0.1, 0.15) is 24.3 Å². The highest BCUT2D eigenvalue weighted by Gasteiger charge is 2.18. The predicted octanol–water partition coefficient (Wildman–Crippen LogP) is 1.81. The van der Waals surface area contributed by atoms with E-state index in [1.165, 1.54) is 18.2 Å². The van der Waals surface area contributed by atoms with Gasteiger partial charge in [-0.05, 0) is 19.2 Å². The molecular formula is C14H18N4O4. The van der Waals surface area contributed by atoms with Gasteiger partial charge in [0.15, 0.2) is 11.3 Å². The highest BCUT2D eigenvalue weighted by molar-refractivity contribution is 6.04. The molecule has 1 aromatic heterocycles. The number of aromatic nitrogens is 1. The Hall–Kier alpha value is -2.48. The number of hydrogen-bond donors (Lipinski definition) is 1. The Balaban J connectivity index is 2.07. The number of rotatable bonds is 7. The maximum absolute atomic E-state index is 12.1. The Labute approximate surface area is 127 Å². The van der Waals surface area contributed by atoms with E-state index in [9.17, 15) is 14.9 Å². The Morgan fingerprint density at radius 2 is 2.14 bits per heavy atom. The van der Waals surface area contributed by atoms with Crippen LogP contribution in [0.25, 0.3) is 11.0 Å². The number of benzene rings is 1. The van der Waals surface area contributed by atoms with Crippen molar-refractivity contribution < 1.29 is 14.2 Å². The second-order valence-corrected chi connectivity index (χ2v) is 4.75. The molecule has 0 atom stereocenters. The summed E-state index contributed by atoms with van der Waals surface area (Å²) in [6.07, 6.45) is 0. The lowest BCUT2D eigenvalue weighted by Crippen LogP contribution is -2.34. The molecule has 0 saturated carbocycles. The Morgan fingerprint density at radius 3 is 2.77 bits per heavy atom. The fourth-order valence-electron chi connectivity index (χ4n) is 2.15. The highest BCUT2D eigenvalue weighted by atomic mass is 16.6. The molecule has 1 heterocycles. The first kappa shape index (κ1) is 15.9. The molecule has 2 aromatic rings. The van der Waals surface area contributed by atoms with Crippen LogP contribution in [0.3, 0.4) is 0 Å². The summed E-state index contributed by atoms with van der Waals surface area (Å²) in [5.74, 6) is -0.347. The number of carbonyl (C=O) groups is 1. The van der Waals surface area contributed by atoms with Crippen molar-refractivity contribution in [1.82, 2.24) is 15.4 Å². The molecule has 8 heteroatoms. The lowest BCUT2D eigenvalue weighted by molar-refractivity contribution is -0.384. The molecule has 0 fully saturated rings. The van der Waals surface area contributed by atoms with Crippen LogP contribution in [0.2, 0.25) is 0 Å². The van der Waals surface area contributed by atoms with Crippen molar-refractivity contribution in [2.45, 2.75) is 13.8 Å². The molecule has 0 radical (unpaired) electrons. The van der Waals surface area contributed by atoms with Gasteiger partial charge in [0.05, 0.1) is 16.4 Å². The zero-order valence-corrected chi connectivity index (χ0v) is 12.5. The van der Waals surface area contributed by atoms with Gasteiger partial charge in [0, 0.05) is 19.2 Å². The highest BCUT2D eigenvalue weighted by Crippen LogP contribution is 2.23. The largest absolute Gasteiger partial charge is 0.355 e. The van der Waals surface area contributed by atoms with E-state index in [0.717, 1.165) is 19.6 Å². The standard InChI is InChI=1S/C14H18N4O4/c1-3-17(4-2)8-7-15-14(19)13-11-6-5-10(18(20)21)9-12(11)22-16-13/h5-6,9H,3-4,7-8H2,1-2H3,(H,15,19). The SMILES string of the molecule is CCN(CC)CCNC(=O)c1noc2cc([N+](=O)[O-])ccc12. The molecular weight excluding hydrogens is 288 g/mol. The number of nitro benzene ring substituents is 1. The van der Waals surface area contributed by atoms with E-state index in [2.05, 4.69) is 29.2 Å². The molecule has 22 heavy (non-hydrogen) atoms. The minimum Gasteiger partial charge on any atom is -0.355 e. The monoisotopic (exact) mass is 306 g/mol. The first-order valence-corrected chi connectivity index (χ1v) is 7.11. The van der Waals surface area contributed by atoms with Crippen molar-refractivity contribution in [3.05, 3.63) is 34.0 Å². The van der Waals surface area contributed by atoms with E-state index in [1.54, 1.807) is 0 Å². The zero-order chi connectivity index (χ0) is 16.1. The van der Waals surface area contributed by atoms with Crippen LogP contribution in [-0.2, 0) is 0 Å². The van der Waals surface area contributed by atoms with Crippen molar-refractivity contribution in [3.8, 4) is 0 Å². The van der Waals surface area contributed by atoms with Crippen molar-refractivity contribution in [2.75, 3.05) is 26.2 Å². The third-order valence-electron chi connectivity index (χ3n) is 3.49. The number of amides is 1. The number of carbonyl (C=O) groups excluding carboxylic acids is 1. The third-order valence-corrected chi connectivity index (χ3v) is 3.49. The van der Waals surface area contributed by atoms with Gasteiger partial charge in [-0.1, -0.05) is 19.0 Å². The van der Waals surface area contributed by atoms with Crippen LogP contribution in [0.4, 0.5) is 5.69 Å². The fourth-order valence-corrected chi connectivity index (χ4v) is 2.15. The van der Waals surface area contributed by atoms with E-state index < -0.39 is 4.92 Å². The minimum absolute atomic E-state index is 0.0999. The third kappa shape index (κ3) is 3.40. The summed E-state index contributed by atoms with van der Waals surface area (Å²) in [4.78, 5) is 24.5. The van der Waals surface area contributed by atoms with E-state index in [1.807, 2.05) is 0 Å². The number of likely N-dealkylation sites (N-methyl/N-ethyl adjacent to an activating group) is 1. The summed E-state index contributed by atoms with van der Waals surface area (Å²) >= 11 is 0. The molecule has 0 spiro atoms. The Morgan fingerprint density at radius 1 is 1.41 bits per heavy atom. The van der Waals surface area contributed by atoms with E-state index in [-0.39, 0.29) is 22.9 Å². The van der Waals surface area contributed by atoms with Crippen molar-refractivity contribution in [3.63, 3.8) is 0 Å². The number of nitro groups is 1. The number of nitrogens with one attached hydrogen (secondary N) is 1. The normalized spacial score (nSPS) is 11.0. The summed E-state index contributed by atoms with van der Waals surface area (Å²) in [6.45, 7) is 7.21. The van der Waals surface area contributed by atoms with Gasteiger partial charge in [0.25, 0.3) is 11.6 Å². The lowest BCUT2D eigenvalue weighted by Gasteiger charge is -2.17. The topological polar surface area (TPSA) is 102 Å². The maximum Gasteiger partial charge on any atom is 0.274 e. The molecule has 8 nitrogen and oxygen atoms in total. The van der Waals surface area contributed by atoms with Gasteiger partial charge in [-0.2, -0.15) is 0 Å². The van der Waals surface area contributed by atoms with Gasteiger partial charge in [-0.25, -0.2) is 0 Å². The molecule has 0 unspecified atom stereocenters. The molecule has 0 saturated heterocycles. The van der Waals surface area contributed by atoms with E-state index >= 15 is 0 Å². The van der Waals surface area contributed by atoms with Crippen molar-refractivity contribution in [1.29, 1.82) is 0 Å². The predicted molar refractivity (Wildman–Crippen MR) is 80.8 cm³/mol. The van der Waals surface area contributed by atoms with Gasteiger partial charge in [-0.3, -0.25) is 14.9 Å². The summed E-state index contributed by atoms with van der Waals surface area (Å²) in [6, 6.07) is 4.06. The minimum atomic E-state index is -0.522. The smallest absolute Gasteiger partial charge is 0.274 e.